The number of aryl methyl sites for hydroxylation is 1. The Morgan fingerprint density at radius 3 is 2.59 bits per heavy atom. The van der Waals surface area contributed by atoms with Crippen LogP contribution in [0.25, 0.3) is 0 Å². The largest absolute Gasteiger partial charge is 0.342 e. The first kappa shape index (κ1) is 16.2. The zero-order valence-electron chi connectivity index (χ0n) is 12.4. The fraction of sp³-hybridized carbons (Fsp3) is 0.286. The predicted molar refractivity (Wildman–Crippen MR) is 82.2 cm³/mol. The number of nitrogens with zero attached hydrogens (tertiary/aromatic N) is 1. The van der Waals surface area contributed by atoms with Crippen molar-refractivity contribution in [1.29, 1.82) is 0 Å². The van der Waals surface area contributed by atoms with Crippen molar-refractivity contribution in [2.75, 3.05) is 5.32 Å². The standard InChI is InChI=1S/C14H16FN3O3S/c1-8-4-5-13(12(15)6-8)16-14(19)7-11-9(2)17-22(20,21)18-10(11)3/h4-6,17H,7H2,1-3H3,(H,16,19). The second-order valence-electron chi connectivity index (χ2n) is 5.07. The maximum Gasteiger partial charge on any atom is 0.342 e. The molecular weight excluding hydrogens is 309 g/mol. The Labute approximate surface area is 128 Å². The number of hydrogen-bond acceptors (Lipinski definition) is 3. The molecule has 1 aliphatic heterocycles. The first-order valence-electron chi connectivity index (χ1n) is 6.53. The average molecular weight is 325 g/mol. The first-order valence-corrected chi connectivity index (χ1v) is 7.97. The second-order valence-corrected chi connectivity index (χ2v) is 6.40. The minimum atomic E-state index is -3.73. The maximum absolute atomic E-state index is 13.7. The summed E-state index contributed by atoms with van der Waals surface area (Å²) in [7, 11) is -3.73. The summed E-state index contributed by atoms with van der Waals surface area (Å²) in [5, 5.41) is 2.47. The molecule has 1 heterocycles. The normalized spacial score (nSPS) is 16.8. The Hall–Kier alpha value is -2.22. The fourth-order valence-corrected chi connectivity index (χ4v) is 3.15. The number of carbonyl (C=O) groups excluding carboxylic acids is 1. The third-order valence-corrected chi connectivity index (χ3v) is 4.24. The molecule has 1 amide bonds. The van der Waals surface area contributed by atoms with E-state index in [0.717, 1.165) is 5.56 Å². The van der Waals surface area contributed by atoms with Gasteiger partial charge in [0.25, 0.3) is 0 Å². The summed E-state index contributed by atoms with van der Waals surface area (Å²) < 4.78 is 42.2. The fourth-order valence-electron chi connectivity index (χ4n) is 2.12. The first-order chi connectivity index (χ1) is 10.2. The van der Waals surface area contributed by atoms with Gasteiger partial charge in [-0.2, -0.15) is 8.42 Å². The van der Waals surface area contributed by atoms with Crippen LogP contribution < -0.4 is 10.0 Å². The summed E-state index contributed by atoms with van der Waals surface area (Å²) in [5.74, 6) is -0.971. The lowest BCUT2D eigenvalue weighted by atomic mass is 10.1. The van der Waals surface area contributed by atoms with Crippen LogP contribution in [-0.2, 0) is 15.0 Å². The van der Waals surface area contributed by atoms with E-state index in [2.05, 4.69) is 14.4 Å². The molecule has 2 N–H and O–H groups in total. The van der Waals surface area contributed by atoms with E-state index in [-0.39, 0.29) is 17.8 Å². The van der Waals surface area contributed by atoms with Gasteiger partial charge in [-0.15, -0.1) is 4.40 Å². The van der Waals surface area contributed by atoms with Gasteiger partial charge in [0.05, 0.1) is 17.8 Å². The van der Waals surface area contributed by atoms with E-state index in [4.69, 9.17) is 0 Å². The van der Waals surface area contributed by atoms with Gasteiger partial charge >= 0.3 is 10.2 Å². The van der Waals surface area contributed by atoms with Crippen molar-refractivity contribution in [3.63, 3.8) is 0 Å². The topological polar surface area (TPSA) is 87.6 Å². The molecule has 0 aromatic heterocycles. The maximum atomic E-state index is 13.7. The van der Waals surface area contributed by atoms with Crippen molar-refractivity contribution in [2.45, 2.75) is 27.2 Å². The van der Waals surface area contributed by atoms with Gasteiger partial charge in [0, 0.05) is 11.3 Å². The highest BCUT2D eigenvalue weighted by Gasteiger charge is 2.22. The number of anilines is 1. The molecule has 0 radical (unpaired) electrons. The summed E-state index contributed by atoms with van der Waals surface area (Å²) in [5.41, 5.74) is 1.89. The minimum Gasteiger partial charge on any atom is -0.323 e. The van der Waals surface area contributed by atoms with Crippen molar-refractivity contribution in [3.05, 3.63) is 40.8 Å². The van der Waals surface area contributed by atoms with Gasteiger partial charge in [0.1, 0.15) is 5.82 Å². The van der Waals surface area contributed by atoms with E-state index in [1.807, 2.05) is 0 Å². The molecule has 0 aliphatic carbocycles. The van der Waals surface area contributed by atoms with Crippen LogP contribution in [-0.4, -0.2) is 20.0 Å². The monoisotopic (exact) mass is 325 g/mol. The molecule has 118 valence electrons. The smallest absolute Gasteiger partial charge is 0.323 e. The van der Waals surface area contributed by atoms with Crippen LogP contribution in [0.5, 0.6) is 0 Å². The van der Waals surface area contributed by atoms with E-state index in [9.17, 15) is 17.6 Å². The third kappa shape index (κ3) is 3.70. The Morgan fingerprint density at radius 2 is 2.00 bits per heavy atom. The van der Waals surface area contributed by atoms with Crippen LogP contribution in [0.2, 0.25) is 0 Å². The molecule has 22 heavy (non-hydrogen) atoms. The molecule has 6 nitrogen and oxygen atoms in total. The zero-order valence-corrected chi connectivity index (χ0v) is 13.2. The molecule has 0 bridgehead atoms. The number of nitrogens with one attached hydrogen (secondary N) is 2. The number of allylic oxidation sites excluding steroid dienone is 1. The second kappa shape index (κ2) is 5.88. The van der Waals surface area contributed by atoms with Crippen LogP contribution in [0.15, 0.2) is 33.9 Å². The lowest BCUT2D eigenvalue weighted by Gasteiger charge is -2.17. The van der Waals surface area contributed by atoms with Gasteiger partial charge in [-0.25, -0.2) is 4.39 Å². The minimum absolute atomic E-state index is 0.0832. The molecule has 2 rings (SSSR count). The van der Waals surface area contributed by atoms with Crippen molar-refractivity contribution < 1.29 is 17.6 Å². The Bertz CT molecular complexity index is 798. The van der Waals surface area contributed by atoms with E-state index in [0.29, 0.717) is 11.3 Å². The Balaban J connectivity index is 2.14. The highest BCUT2D eigenvalue weighted by Crippen LogP contribution is 2.19. The molecule has 0 saturated carbocycles. The van der Waals surface area contributed by atoms with E-state index in [1.165, 1.54) is 19.1 Å². The molecule has 0 spiro atoms. The zero-order chi connectivity index (χ0) is 16.5. The highest BCUT2D eigenvalue weighted by molar-refractivity contribution is 7.88. The molecular formula is C14H16FN3O3S. The van der Waals surface area contributed by atoms with Gasteiger partial charge in [-0.1, -0.05) is 6.07 Å². The van der Waals surface area contributed by atoms with Gasteiger partial charge in [-0.3, -0.25) is 9.52 Å². The number of benzene rings is 1. The molecule has 1 aromatic rings. The summed E-state index contributed by atoms with van der Waals surface area (Å²) >= 11 is 0. The SMILES string of the molecule is CC1=NS(=O)(=O)NC(C)=C1CC(=O)Nc1ccc(C)cc1F. The van der Waals surface area contributed by atoms with Crippen LogP contribution in [0, 0.1) is 12.7 Å². The summed E-state index contributed by atoms with van der Waals surface area (Å²) in [4.78, 5) is 12.0. The molecule has 0 saturated heterocycles. The predicted octanol–water partition coefficient (Wildman–Crippen LogP) is 2.05. The van der Waals surface area contributed by atoms with Crippen molar-refractivity contribution in [2.24, 2.45) is 4.40 Å². The van der Waals surface area contributed by atoms with Crippen molar-refractivity contribution in [1.82, 2.24) is 4.72 Å². The Kier molecular flexibility index (Phi) is 4.32. The Morgan fingerprint density at radius 1 is 1.32 bits per heavy atom. The third-order valence-electron chi connectivity index (χ3n) is 3.16. The van der Waals surface area contributed by atoms with E-state index < -0.39 is 21.9 Å². The number of halogens is 1. The summed E-state index contributed by atoms with van der Waals surface area (Å²) in [6, 6.07) is 4.49. The summed E-state index contributed by atoms with van der Waals surface area (Å²) in [6.45, 7) is 4.80. The highest BCUT2D eigenvalue weighted by atomic mass is 32.2. The molecule has 0 atom stereocenters. The number of rotatable bonds is 3. The lowest BCUT2D eigenvalue weighted by Crippen LogP contribution is -2.29. The van der Waals surface area contributed by atoms with Crippen LogP contribution in [0.4, 0.5) is 10.1 Å². The molecule has 1 aromatic carbocycles. The van der Waals surface area contributed by atoms with Crippen molar-refractivity contribution in [3.8, 4) is 0 Å². The molecule has 8 heteroatoms. The van der Waals surface area contributed by atoms with E-state index >= 15 is 0 Å². The van der Waals surface area contributed by atoms with Crippen molar-refractivity contribution >= 4 is 27.5 Å². The van der Waals surface area contributed by atoms with Gasteiger partial charge in [-0.05, 0) is 38.5 Å². The van der Waals surface area contributed by atoms with Gasteiger partial charge in [0.15, 0.2) is 0 Å². The average Bonchev–Trinajstić information content (AvgIpc) is 2.36. The number of amides is 1. The molecule has 0 unspecified atom stereocenters. The van der Waals surface area contributed by atoms with E-state index in [1.54, 1.807) is 19.9 Å². The molecule has 1 aliphatic rings. The van der Waals surface area contributed by atoms with Gasteiger partial charge in [0.2, 0.25) is 5.91 Å². The van der Waals surface area contributed by atoms with Crippen LogP contribution in [0.1, 0.15) is 25.8 Å². The number of carbonyl (C=O) groups is 1. The lowest BCUT2D eigenvalue weighted by molar-refractivity contribution is -0.115. The quantitative estimate of drug-likeness (QED) is 0.891. The van der Waals surface area contributed by atoms with Crippen LogP contribution in [0.3, 0.4) is 0 Å². The molecule has 0 fully saturated rings. The van der Waals surface area contributed by atoms with Gasteiger partial charge < -0.3 is 5.32 Å². The van der Waals surface area contributed by atoms with Crippen LogP contribution >= 0.6 is 0 Å². The summed E-state index contributed by atoms with van der Waals surface area (Å²) in [6.07, 6.45) is -0.100. The number of hydrogen-bond donors (Lipinski definition) is 2.